The highest BCUT2D eigenvalue weighted by Gasteiger charge is 2.14. The summed E-state index contributed by atoms with van der Waals surface area (Å²) >= 11 is 8.77. The van der Waals surface area contributed by atoms with Crippen LogP contribution >= 0.6 is 34.3 Å². The van der Waals surface area contributed by atoms with Gasteiger partial charge in [0.15, 0.2) is 0 Å². The Morgan fingerprint density at radius 2 is 2.24 bits per heavy atom. The summed E-state index contributed by atoms with van der Waals surface area (Å²) in [6.07, 6.45) is 0.141. The molecule has 0 saturated heterocycles. The Bertz CT molecular complexity index is 653. The number of amides is 1. The Balaban J connectivity index is 1.90. The van der Waals surface area contributed by atoms with Crippen LogP contribution in [0.3, 0.4) is 0 Å². The molecule has 112 valence electrons. The van der Waals surface area contributed by atoms with E-state index in [4.69, 9.17) is 16.7 Å². The average Bonchev–Trinajstić information content (AvgIpc) is 3.04. The van der Waals surface area contributed by atoms with Crippen LogP contribution in [-0.2, 0) is 16.0 Å². The molecule has 0 aliphatic heterocycles. The number of nitrogens with zero attached hydrogens (tertiary/aromatic N) is 1. The van der Waals surface area contributed by atoms with Crippen molar-refractivity contribution in [3.05, 3.63) is 27.5 Å². The lowest BCUT2D eigenvalue weighted by molar-refractivity contribution is -0.141. The molecule has 8 heteroatoms. The van der Waals surface area contributed by atoms with Gasteiger partial charge in [-0.3, -0.25) is 9.59 Å². The van der Waals surface area contributed by atoms with Gasteiger partial charge in [0.1, 0.15) is 5.01 Å². The van der Waals surface area contributed by atoms with Gasteiger partial charge in [0.2, 0.25) is 5.91 Å². The van der Waals surface area contributed by atoms with Crippen molar-refractivity contribution in [2.45, 2.75) is 13.3 Å². The van der Waals surface area contributed by atoms with Crippen LogP contribution < -0.4 is 5.32 Å². The molecule has 5 nitrogen and oxygen atoms in total. The fourth-order valence-electron chi connectivity index (χ4n) is 1.51. The van der Waals surface area contributed by atoms with E-state index in [1.807, 2.05) is 17.5 Å². The number of halogens is 1. The predicted octanol–water partition coefficient (Wildman–Crippen LogP) is 2.90. The summed E-state index contributed by atoms with van der Waals surface area (Å²) < 4.78 is 0.696. The summed E-state index contributed by atoms with van der Waals surface area (Å²) in [6.45, 7) is 1.66. The van der Waals surface area contributed by atoms with Crippen LogP contribution in [0.25, 0.3) is 9.88 Å². The fraction of sp³-hybridized carbons (Fsp3) is 0.308. The number of thiophene rings is 1. The van der Waals surface area contributed by atoms with E-state index in [2.05, 4.69) is 10.3 Å². The number of aromatic nitrogens is 1. The molecule has 21 heavy (non-hydrogen) atoms. The first-order valence-corrected chi connectivity index (χ1v) is 8.22. The third-order valence-corrected chi connectivity index (χ3v) is 5.00. The van der Waals surface area contributed by atoms with Crippen LogP contribution in [0.1, 0.15) is 12.6 Å². The minimum atomic E-state index is -0.930. The second-order valence-electron chi connectivity index (χ2n) is 4.47. The van der Waals surface area contributed by atoms with E-state index in [9.17, 15) is 9.59 Å². The number of carboxylic acids is 1. The summed E-state index contributed by atoms with van der Waals surface area (Å²) in [5.74, 6) is -1.77. The van der Waals surface area contributed by atoms with Gasteiger partial charge in [-0.1, -0.05) is 18.5 Å². The summed E-state index contributed by atoms with van der Waals surface area (Å²) in [6, 6.07) is 3.70. The molecule has 0 aromatic carbocycles. The zero-order valence-corrected chi connectivity index (χ0v) is 13.5. The number of carbonyl (C=O) groups excluding carboxylic acids is 1. The van der Waals surface area contributed by atoms with Gasteiger partial charge >= 0.3 is 5.97 Å². The molecule has 0 bridgehead atoms. The molecule has 1 amide bonds. The van der Waals surface area contributed by atoms with Gasteiger partial charge in [0.25, 0.3) is 0 Å². The number of aliphatic carboxylic acids is 1. The van der Waals surface area contributed by atoms with Crippen LogP contribution in [0, 0.1) is 5.92 Å². The standard InChI is InChI=1S/C13H13ClN2O3S2/c1-7(13(18)19)5-15-11(17)4-8-6-20-12(16-8)9-2-3-10(14)21-9/h2-3,6-7H,4-5H2,1H3,(H,15,17)(H,18,19). The summed E-state index contributed by atoms with van der Waals surface area (Å²) in [5.41, 5.74) is 0.667. The van der Waals surface area contributed by atoms with Crippen LogP contribution in [0.15, 0.2) is 17.5 Å². The highest BCUT2D eigenvalue weighted by molar-refractivity contribution is 7.23. The maximum Gasteiger partial charge on any atom is 0.308 e. The zero-order valence-electron chi connectivity index (χ0n) is 11.1. The number of nitrogens with one attached hydrogen (secondary N) is 1. The Morgan fingerprint density at radius 3 is 2.86 bits per heavy atom. The van der Waals surface area contributed by atoms with Crippen LogP contribution in [0.2, 0.25) is 4.34 Å². The monoisotopic (exact) mass is 344 g/mol. The molecule has 2 heterocycles. The molecule has 1 unspecified atom stereocenters. The van der Waals surface area contributed by atoms with Crippen LogP contribution in [0.4, 0.5) is 0 Å². The van der Waals surface area contributed by atoms with Crippen molar-refractivity contribution in [3.8, 4) is 9.88 Å². The Hall–Kier alpha value is -1.44. The SMILES string of the molecule is CC(CNC(=O)Cc1csc(-c2ccc(Cl)s2)n1)C(=O)O. The fourth-order valence-corrected chi connectivity index (χ4v) is 3.45. The number of hydrogen-bond donors (Lipinski definition) is 2. The molecule has 2 N–H and O–H groups in total. The second kappa shape index (κ2) is 7.02. The highest BCUT2D eigenvalue weighted by atomic mass is 35.5. The first-order chi connectivity index (χ1) is 9.95. The Labute approximate surface area is 134 Å². The number of rotatable bonds is 6. The minimum Gasteiger partial charge on any atom is -0.481 e. The highest BCUT2D eigenvalue weighted by Crippen LogP contribution is 2.32. The third kappa shape index (κ3) is 4.52. The van der Waals surface area contributed by atoms with E-state index < -0.39 is 11.9 Å². The minimum absolute atomic E-state index is 0.117. The largest absolute Gasteiger partial charge is 0.481 e. The van der Waals surface area contributed by atoms with Gasteiger partial charge in [-0.25, -0.2) is 4.98 Å². The van der Waals surface area contributed by atoms with Crippen molar-refractivity contribution in [3.63, 3.8) is 0 Å². The first kappa shape index (κ1) is 15.9. The van der Waals surface area contributed by atoms with Gasteiger partial charge in [-0.15, -0.1) is 22.7 Å². The Morgan fingerprint density at radius 1 is 1.48 bits per heavy atom. The number of hydrogen-bond acceptors (Lipinski definition) is 5. The lowest BCUT2D eigenvalue weighted by Crippen LogP contribution is -2.32. The lowest BCUT2D eigenvalue weighted by atomic mass is 10.2. The second-order valence-corrected chi connectivity index (χ2v) is 7.04. The van der Waals surface area contributed by atoms with Crippen molar-refractivity contribution in [1.82, 2.24) is 10.3 Å². The molecule has 0 radical (unpaired) electrons. The van der Waals surface area contributed by atoms with Crippen molar-refractivity contribution >= 4 is 46.2 Å². The van der Waals surface area contributed by atoms with E-state index in [-0.39, 0.29) is 18.9 Å². The van der Waals surface area contributed by atoms with E-state index >= 15 is 0 Å². The summed E-state index contributed by atoms with van der Waals surface area (Å²) in [7, 11) is 0. The maximum atomic E-state index is 11.7. The van der Waals surface area contributed by atoms with E-state index in [0.717, 1.165) is 9.88 Å². The van der Waals surface area contributed by atoms with Crippen molar-refractivity contribution in [1.29, 1.82) is 0 Å². The molecule has 0 aliphatic rings. The molecule has 0 spiro atoms. The molecule has 0 fully saturated rings. The first-order valence-electron chi connectivity index (χ1n) is 6.15. The van der Waals surface area contributed by atoms with Crippen molar-refractivity contribution in [2.75, 3.05) is 6.54 Å². The van der Waals surface area contributed by atoms with Gasteiger partial charge < -0.3 is 10.4 Å². The van der Waals surface area contributed by atoms with E-state index in [1.165, 1.54) is 22.7 Å². The van der Waals surface area contributed by atoms with Crippen LogP contribution in [0.5, 0.6) is 0 Å². The van der Waals surface area contributed by atoms with Crippen molar-refractivity contribution < 1.29 is 14.7 Å². The topological polar surface area (TPSA) is 79.3 Å². The van der Waals surface area contributed by atoms with Gasteiger partial charge in [0, 0.05) is 11.9 Å². The number of carbonyl (C=O) groups is 2. The maximum absolute atomic E-state index is 11.7. The molecule has 0 saturated carbocycles. The zero-order chi connectivity index (χ0) is 15.4. The third-order valence-electron chi connectivity index (χ3n) is 2.70. The van der Waals surface area contributed by atoms with E-state index in [0.29, 0.717) is 10.0 Å². The van der Waals surface area contributed by atoms with Crippen LogP contribution in [-0.4, -0.2) is 28.5 Å². The van der Waals surface area contributed by atoms with Gasteiger partial charge in [-0.05, 0) is 12.1 Å². The number of thiazole rings is 1. The van der Waals surface area contributed by atoms with Gasteiger partial charge in [0.05, 0.1) is 27.2 Å². The molecule has 1 atom stereocenters. The normalized spacial score (nSPS) is 12.1. The summed E-state index contributed by atoms with van der Waals surface area (Å²) in [5, 5.41) is 14.0. The molecular formula is C13H13ClN2O3S2. The lowest BCUT2D eigenvalue weighted by Gasteiger charge is -2.07. The predicted molar refractivity (Wildman–Crippen MR) is 84.0 cm³/mol. The Kier molecular flexibility index (Phi) is 5.33. The number of carboxylic acid groups (broad SMARTS) is 1. The van der Waals surface area contributed by atoms with E-state index in [1.54, 1.807) is 6.92 Å². The molecule has 0 aliphatic carbocycles. The van der Waals surface area contributed by atoms with Gasteiger partial charge in [-0.2, -0.15) is 0 Å². The molecule has 2 rings (SSSR count). The van der Waals surface area contributed by atoms with Crippen molar-refractivity contribution in [2.24, 2.45) is 5.92 Å². The smallest absolute Gasteiger partial charge is 0.308 e. The average molecular weight is 345 g/mol. The molecule has 2 aromatic rings. The quantitative estimate of drug-likeness (QED) is 0.844. The molecule has 2 aromatic heterocycles. The summed E-state index contributed by atoms with van der Waals surface area (Å²) in [4.78, 5) is 27.8. The molecular weight excluding hydrogens is 332 g/mol.